The molecule has 0 saturated carbocycles. The maximum atomic E-state index is 13.5. The van der Waals surface area contributed by atoms with Crippen LogP contribution in [0, 0.1) is 5.82 Å². The van der Waals surface area contributed by atoms with E-state index in [0.717, 1.165) is 37.1 Å². The van der Waals surface area contributed by atoms with Gasteiger partial charge >= 0.3 is 0 Å². The molecule has 1 N–H and O–H groups in total. The van der Waals surface area contributed by atoms with Crippen molar-refractivity contribution >= 4 is 5.91 Å². The lowest BCUT2D eigenvalue weighted by Crippen LogP contribution is -2.32. The quantitative estimate of drug-likeness (QED) is 0.668. The number of halogens is 1. The lowest BCUT2D eigenvalue weighted by Gasteiger charge is -2.14. The molecule has 2 heterocycles. The number of pyridine rings is 1. The van der Waals surface area contributed by atoms with Gasteiger partial charge in [0.2, 0.25) is 0 Å². The minimum atomic E-state index is -0.481. The molecule has 3 aromatic rings. The molecular formula is C22H23FN4O2. The van der Waals surface area contributed by atoms with Crippen molar-refractivity contribution in [2.45, 2.75) is 32.2 Å². The fraction of sp³-hybridized carbons (Fsp3) is 0.318. The standard InChI is InChI=1S/C22H23FN4O2/c23-17-8-2-4-11-20(17)29-15-21(28)25-13-14-27-19-10-3-1-7-16(19)22(26-27)18-9-5-6-12-24-18/h2,4-6,8-9,11-12H,1,3,7,10,13-15H2,(H,25,28). The summed E-state index contributed by atoms with van der Waals surface area (Å²) in [5.41, 5.74) is 4.32. The minimum absolute atomic E-state index is 0.0730. The molecule has 7 heteroatoms. The Bertz CT molecular complexity index is 988. The van der Waals surface area contributed by atoms with E-state index in [2.05, 4.69) is 10.3 Å². The molecule has 0 atom stereocenters. The van der Waals surface area contributed by atoms with Crippen LogP contribution < -0.4 is 10.1 Å². The van der Waals surface area contributed by atoms with Crippen molar-refractivity contribution in [1.82, 2.24) is 20.1 Å². The van der Waals surface area contributed by atoms with Crippen LogP contribution in [0.3, 0.4) is 0 Å². The molecule has 4 rings (SSSR count). The average molecular weight is 394 g/mol. The zero-order valence-electron chi connectivity index (χ0n) is 16.1. The van der Waals surface area contributed by atoms with Gasteiger partial charge in [-0.3, -0.25) is 14.5 Å². The maximum absolute atomic E-state index is 13.5. The van der Waals surface area contributed by atoms with E-state index in [9.17, 15) is 9.18 Å². The van der Waals surface area contributed by atoms with Gasteiger partial charge in [-0.15, -0.1) is 0 Å². The molecule has 1 aliphatic rings. The Hall–Kier alpha value is -3.22. The molecule has 0 unspecified atom stereocenters. The largest absolute Gasteiger partial charge is 0.481 e. The van der Waals surface area contributed by atoms with Gasteiger partial charge in [0.15, 0.2) is 18.2 Å². The Morgan fingerprint density at radius 1 is 1.14 bits per heavy atom. The average Bonchev–Trinajstić information content (AvgIpc) is 3.13. The van der Waals surface area contributed by atoms with Crippen LogP contribution in [0.25, 0.3) is 11.4 Å². The van der Waals surface area contributed by atoms with E-state index in [-0.39, 0.29) is 18.3 Å². The highest BCUT2D eigenvalue weighted by Gasteiger charge is 2.22. The van der Waals surface area contributed by atoms with E-state index in [4.69, 9.17) is 9.84 Å². The Labute approximate surface area is 168 Å². The summed E-state index contributed by atoms with van der Waals surface area (Å²) in [7, 11) is 0. The van der Waals surface area contributed by atoms with Crippen LogP contribution in [0.5, 0.6) is 5.75 Å². The zero-order valence-corrected chi connectivity index (χ0v) is 16.1. The second kappa shape index (κ2) is 8.86. The molecule has 1 aliphatic carbocycles. The number of nitrogens with zero attached hydrogens (tertiary/aromatic N) is 3. The Morgan fingerprint density at radius 2 is 1.97 bits per heavy atom. The van der Waals surface area contributed by atoms with Crippen LogP contribution in [0.4, 0.5) is 4.39 Å². The minimum Gasteiger partial charge on any atom is -0.481 e. The second-order valence-corrected chi connectivity index (χ2v) is 6.99. The Kier molecular flexibility index (Phi) is 5.84. The molecule has 0 aliphatic heterocycles. The number of nitrogens with one attached hydrogen (secondary N) is 1. The molecule has 1 amide bonds. The zero-order chi connectivity index (χ0) is 20.1. The summed E-state index contributed by atoms with van der Waals surface area (Å²) in [5, 5.41) is 7.60. The van der Waals surface area contributed by atoms with Crippen molar-refractivity contribution < 1.29 is 13.9 Å². The van der Waals surface area contributed by atoms with E-state index in [1.807, 2.05) is 22.9 Å². The predicted octanol–water partition coefficient (Wildman–Crippen LogP) is 3.16. The van der Waals surface area contributed by atoms with Gasteiger partial charge in [0.05, 0.1) is 12.2 Å². The summed E-state index contributed by atoms with van der Waals surface area (Å²) in [4.78, 5) is 16.5. The molecule has 0 spiro atoms. The molecule has 0 bridgehead atoms. The van der Waals surface area contributed by atoms with Gasteiger partial charge in [-0.05, 0) is 49.9 Å². The van der Waals surface area contributed by atoms with Gasteiger partial charge in [-0.2, -0.15) is 5.10 Å². The molecule has 29 heavy (non-hydrogen) atoms. The van der Waals surface area contributed by atoms with E-state index < -0.39 is 5.82 Å². The summed E-state index contributed by atoms with van der Waals surface area (Å²) >= 11 is 0. The monoisotopic (exact) mass is 394 g/mol. The van der Waals surface area contributed by atoms with Crippen LogP contribution in [-0.2, 0) is 24.2 Å². The molecule has 150 valence electrons. The van der Waals surface area contributed by atoms with Crippen LogP contribution in [0.1, 0.15) is 24.1 Å². The fourth-order valence-corrected chi connectivity index (χ4v) is 3.62. The summed E-state index contributed by atoms with van der Waals surface area (Å²) < 4.78 is 20.8. The normalized spacial score (nSPS) is 13.0. The lowest BCUT2D eigenvalue weighted by molar-refractivity contribution is -0.123. The predicted molar refractivity (Wildman–Crippen MR) is 107 cm³/mol. The van der Waals surface area contributed by atoms with E-state index >= 15 is 0 Å². The molecule has 6 nitrogen and oxygen atoms in total. The number of hydrogen-bond donors (Lipinski definition) is 1. The summed E-state index contributed by atoms with van der Waals surface area (Å²) in [6, 6.07) is 11.9. The summed E-state index contributed by atoms with van der Waals surface area (Å²) in [5.74, 6) is -0.700. The molecule has 0 fully saturated rings. The number of fused-ring (bicyclic) bond motifs is 1. The number of benzene rings is 1. The summed E-state index contributed by atoms with van der Waals surface area (Å²) in [6.45, 7) is 0.771. The van der Waals surface area contributed by atoms with Crippen molar-refractivity contribution in [3.63, 3.8) is 0 Å². The number of aromatic nitrogens is 3. The SMILES string of the molecule is O=C(COc1ccccc1F)NCCn1nc(-c2ccccn2)c2c1CCCC2. The molecule has 0 saturated heterocycles. The van der Waals surface area contributed by atoms with E-state index in [1.165, 1.54) is 23.4 Å². The lowest BCUT2D eigenvalue weighted by atomic mass is 9.95. The highest BCUT2D eigenvalue weighted by Crippen LogP contribution is 2.30. The number of rotatable bonds is 7. The van der Waals surface area contributed by atoms with Gasteiger partial charge in [0, 0.05) is 24.0 Å². The highest BCUT2D eigenvalue weighted by molar-refractivity contribution is 5.77. The van der Waals surface area contributed by atoms with Gasteiger partial charge < -0.3 is 10.1 Å². The van der Waals surface area contributed by atoms with Gasteiger partial charge in [-0.25, -0.2) is 4.39 Å². The van der Waals surface area contributed by atoms with Crippen molar-refractivity contribution in [2.75, 3.05) is 13.2 Å². The molecule has 0 radical (unpaired) electrons. The molecular weight excluding hydrogens is 371 g/mol. The van der Waals surface area contributed by atoms with Crippen LogP contribution in [-0.4, -0.2) is 33.8 Å². The van der Waals surface area contributed by atoms with Gasteiger partial charge in [0.1, 0.15) is 5.69 Å². The number of hydrogen-bond acceptors (Lipinski definition) is 4. The first-order valence-electron chi connectivity index (χ1n) is 9.86. The van der Waals surface area contributed by atoms with Crippen LogP contribution in [0.15, 0.2) is 48.7 Å². The number of carbonyl (C=O) groups is 1. The second-order valence-electron chi connectivity index (χ2n) is 6.99. The molecule has 1 aromatic carbocycles. The number of ether oxygens (including phenoxy) is 1. The van der Waals surface area contributed by atoms with Crippen molar-refractivity contribution in [1.29, 1.82) is 0 Å². The first kappa shape index (κ1) is 19.1. The first-order valence-corrected chi connectivity index (χ1v) is 9.86. The molecule has 2 aromatic heterocycles. The smallest absolute Gasteiger partial charge is 0.258 e. The Morgan fingerprint density at radius 3 is 2.79 bits per heavy atom. The number of carbonyl (C=O) groups excluding carboxylic acids is 1. The first-order chi connectivity index (χ1) is 14.2. The Balaban J connectivity index is 1.37. The van der Waals surface area contributed by atoms with Gasteiger partial charge in [0.25, 0.3) is 5.91 Å². The van der Waals surface area contributed by atoms with E-state index in [0.29, 0.717) is 13.1 Å². The summed E-state index contributed by atoms with van der Waals surface area (Å²) in [6.07, 6.45) is 6.06. The third-order valence-corrected chi connectivity index (χ3v) is 5.01. The van der Waals surface area contributed by atoms with Crippen LogP contribution >= 0.6 is 0 Å². The van der Waals surface area contributed by atoms with Crippen molar-refractivity contribution in [2.24, 2.45) is 0 Å². The third kappa shape index (κ3) is 4.45. The van der Waals surface area contributed by atoms with Crippen molar-refractivity contribution in [3.8, 4) is 17.1 Å². The maximum Gasteiger partial charge on any atom is 0.258 e. The van der Waals surface area contributed by atoms with Crippen molar-refractivity contribution in [3.05, 3.63) is 65.7 Å². The van der Waals surface area contributed by atoms with Crippen LogP contribution in [0.2, 0.25) is 0 Å². The fourth-order valence-electron chi connectivity index (χ4n) is 3.62. The third-order valence-electron chi connectivity index (χ3n) is 5.01. The van der Waals surface area contributed by atoms with E-state index in [1.54, 1.807) is 18.3 Å². The number of amides is 1. The topological polar surface area (TPSA) is 69.0 Å². The van der Waals surface area contributed by atoms with Gasteiger partial charge in [-0.1, -0.05) is 18.2 Å². The highest BCUT2D eigenvalue weighted by atomic mass is 19.1. The number of para-hydroxylation sites is 1.